The highest BCUT2D eigenvalue weighted by molar-refractivity contribution is 5.99. The van der Waals surface area contributed by atoms with E-state index in [0.717, 1.165) is 42.6 Å². The molecule has 0 N–H and O–H groups in total. The molecule has 3 aromatic carbocycles. The summed E-state index contributed by atoms with van der Waals surface area (Å²) in [6.07, 6.45) is 4.01. The molecule has 0 bridgehead atoms. The number of benzene rings is 3. The molecule has 150 valence electrons. The van der Waals surface area contributed by atoms with Crippen molar-refractivity contribution in [1.82, 2.24) is 0 Å². The average molecular weight is 395 g/mol. The Balaban J connectivity index is 1.69. The summed E-state index contributed by atoms with van der Waals surface area (Å²) < 4.78 is 6.64. The average Bonchev–Trinajstić information content (AvgIpc) is 2.84. The summed E-state index contributed by atoms with van der Waals surface area (Å²) in [5.74, 6) is 1.04. The fourth-order valence-electron chi connectivity index (χ4n) is 5.05. The van der Waals surface area contributed by atoms with E-state index in [0.29, 0.717) is 0 Å². The second-order valence-corrected chi connectivity index (χ2v) is 8.25. The molecule has 0 radical (unpaired) electrons. The third-order valence-electron chi connectivity index (χ3n) is 6.44. The van der Waals surface area contributed by atoms with Gasteiger partial charge in [-0.3, -0.25) is 4.79 Å². The van der Waals surface area contributed by atoms with Gasteiger partial charge in [-0.25, -0.2) is 0 Å². The van der Waals surface area contributed by atoms with E-state index in [9.17, 15) is 4.79 Å². The minimum absolute atomic E-state index is 0.0492. The molecule has 0 saturated heterocycles. The third kappa shape index (κ3) is 3.47. The highest BCUT2D eigenvalue weighted by atomic mass is 16.5. The van der Waals surface area contributed by atoms with Crippen LogP contribution in [0.25, 0.3) is 0 Å². The molecule has 1 heterocycles. The van der Waals surface area contributed by atoms with Gasteiger partial charge in [-0.05, 0) is 36.0 Å². The van der Waals surface area contributed by atoms with Crippen molar-refractivity contribution in [2.24, 2.45) is 5.92 Å². The monoisotopic (exact) mass is 394 g/mol. The van der Waals surface area contributed by atoms with Gasteiger partial charge >= 0.3 is 0 Å². The van der Waals surface area contributed by atoms with Crippen LogP contribution in [0.2, 0.25) is 0 Å². The normalized spacial score (nSPS) is 23.4. The van der Waals surface area contributed by atoms with E-state index in [4.69, 9.17) is 4.74 Å². The van der Waals surface area contributed by atoms with E-state index >= 15 is 0 Å². The number of allylic oxidation sites excluding steroid dienone is 2. The Morgan fingerprint density at radius 2 is 1.27 bits per heavy atom. The van der Waals surface area contributed by atoms with E-state index in [-0.39, 0.29) is 23.7 Å². The molecule has 0 aromatic heterocycles. The molecule has 1 aliphatic heterocycles. The quantitative estimate of drug-likeness (QED) is 0.451. The maximum atomic E-state index is 13.9. The van der Waals surface area contributed by atoms with Gasteiger partial charge < -0.3 is 4.74 Å². The van der Waals surface area contributed by atoms with Crippen LogP contribution >= 0.6 is 0 Å². The van der Waals surface area contributed by atoms with Crippen LogP contribution in [0.4, 0.5) is 0 Å². The molecule has 0 amide bonds. The Kier molecular flexibility index (Phi) is 5.23. The molecule has 3 unspecified atom stereocenters. The number of carbonyl (C=O) groups is 1. The van der Waals surface area contributed by atoms with Gasteiger partial charge in [-0.1, -0.05) is 91.0 Å². The summed E-state index contributed by atoms with van der Waals surface area (Å²) in [6, 6.07) is 30.5. The third-order valence-corrected chi connectivity index (χ3v) is 6.44. The van der Waals surface area contributed by atoms with Gasteiger partial charge in [0.1, 0.15) is 6.10 Å². The zero-order valence-electron chi connectivity index (χ0n) is 17.0. The SMILES string of the molecule is O=C(c1ccccc1)C1C(c2ccccc2)OC2=C(CCCC2)C1c1ccccc1. The minimum Gasteiger partial charge on any atom is -0.489 e. The van der Waals surface area contributed by atoms with Gasteiger partial charge in [0.25, 0.3) is 0 Å². The maximum absolute atomic E-state index is 13.9. The first-order chi connectivity index (χ1) is 14.8. The molecule has 3 aromatic rings. The Hall–Kier alpha value is -3.13. The molecule has 0 spiro atoms. The summed E-state index contributed by atoms with van der Waals surface area (Å²) in [7, 11) is 0. The van der Waals surface area contributed by atoms with Crippen molar-refractivity contribution >= 4 is 5.78 Å². The number of ketones is 1. The first kappa shape index (κ1) is 18.9. The molecule has 0 fully saturated rings. The first-order valence-electron chi connectivity index (χ1n) is 10.9. The Bertz CT molecular complexity index is 1040. The number of rotatable bonds is 4. The van der Waals surface area contributed by atoms with Gasteiger partial charge in [0.2, 0.25) is 0 Å². The largest absolute Gasteiger partial charge is 0.489 e. The zero-order chi connectivity index (χ0) is 20.3. The van der Waals surface area contributed by atoms with Crippen LogP contribution in [0.3, 0.4) is 0 Å². The molecule has 30 heavy (non-hydrogen) atoms. The first-order valence-corrected chi connectivity index (χ1v) is 10.9. The molecule has 2 heteroatoms. The summed E-state index contributed by atoms with van der Waals surface area (Å²) in [4.78, 5) is 13.9. The number of ether oxygens (including phenoxy) is 1. The van der Waals surface area contributed by atoms with Gasteiger partial charge in [0, 0.05) is 17.9 Å². The van der Waals surface area contributed by atoms with Gasteiger partial charge in [-0.15, -0.1) is 0 Å². The maximum Gasteiger partial charge on any atom is 0.170 e. The van der Waals surface area contributed by atoms with Crippen molar-refractivity contribution in [3.8, 4) is 0 Å². The lowest BCUT2D eigenvalue weighted by Crippen LogP contribution is -2.36. The lowest BCUT2D eigenvalue weighted by Gasteiger charge is -2.42. The molecule has 3 atom stereocenters. The molecule has 0 saturated carbocycles. The van der Waals surface area contributed by atoms with Crippen molar-refractivity contribution in [1.29, 1.82) is 0 Å². The van der Waals surface area contributed by atoms with Crippen LogP contribution in [0, 0.1) is 5.92 Å². The molecule has 5 rings (SSSR count). The van der Waals surface area contributed by atoms with Gasteiger partial charge in [0.15, 0.2) is 5.78 Å². The topological polar surface area (TPSA) is 26.3 Å². The van der Waals surface area contributed by atoms with Crippen molar-refractivity contribution in [3.63, 3.8) is 0 Å². The molecular weight excluding hydrogens is 368 g/mol. The summed E-state index contributed by atoms with van der Waals surface area (Å²) in [5.41, 5.74) is 4.37. The van der Waals surface area contributed by atoms with Crippen molar-refractivity contribution < 1.29 is 9.53 Å². The highest BCUT2D eigenvalue weighted by Gasteiger charge is 2.45. The van der Waals surface area contributed by atoms with E-state index < -0.39 is 0 Å². The van der Waals surface area contributed by atoms with Crippen LogP contribution in [0.5, 0.6) is 0 Å². The second-order valence-electron chi connectivity index (χ2n) is 8.25. The predicted molar refractivity (Wildman–Crippen MR) is 119 cm³/mol. The minimum atomic E-state index is -0.283. The van der Waals surface area contributed by atoms with Crippen LogP contribution in [-0.4, -0.2) is 5.78 Å². The fraction of sp³-hybridized carbons (Fsp3) is 0.250. The predicted octanol–water partition coefficient (Wildman–Crippen LogP) is 6.87. The van der Waals surface area contributed by atoms with Crippen molar-refractivity contribution in [2.45, 2.75) is 37.7 Å². The molecular formula is C28H26O2. The Labute approximate surface area is 178 Å². The van der Waals surface area contributed by atoms with Crippen molar-refractivity contribution in [3.05, 3.63) is 119 Å². The highest BCUT2D eigenvalue weighted by Crippen LogP contribution is 2.52. The lowest BCUT2D eigenvalue weighted by molar-refractivity contribution is 0.0224. The lowest BCUT2D eigenvalue weighted by atomic mass is 9.68. The zero-order valence-corrected chi connectivity index (χ0v) is 17.0. The number of Topliss-reactive ketones (excluding diaryl/α,β-unsaturated/α-hetero) is 1. The molecule has 1 aliphatic carbocycles. The number of hydrogen-bond acceptors (Lipinski definition) is 2. The van der Waals surface area contributed by atoms with E-state index in [1.165, 1.54) is 11.1 Å². The van der Waals surface area contributed by atoms with Crippen LogP contribution in [0.1, 0.15) is 59.2 Å². The summed E-state index contributed by atoms with van der Waals surface area (Å²) in [6.45, 7) is 0. The Morgan fingerprint density at radius 1 is 0.700 bits per heavy atom. The molecule has 2 aliphatic rings. The standard InChI is InChI=1S/C28H26O2/c29-27(21-14-6-2-7-15-21)26-25(20-12-4-1-5-13-20)23-18-10-11-19-24(23)30-28(26)22-16-8-3-9-17-22/h1-9,12-17,25-26,28H,10-11,18-19H2. The van der Waals surface area contributed by atoms with Crippen LogP contribution in [0.15, 0.2) is 102 Å². The smallest absolute Gasteiger partial charge is 0.170 e. The van der Waals surface area contributed by atoms with E-state index in [2.05, 4.69) is 36.4 Å². The Morgan fingerprint density at radius 3 is 1.93 bits per heavy atom. The fourth-order valence-corrected chi connectivity index (χ4v) is 5.05. The van der Waals surface area contributed by atoms with Crippen LogP contribution in [-0.2, 0) is 4.74 Å². The summed E-state index contributed by atoms with van der Waals surface area (Å²) in [5, 5.41) is 0. The van der Waals surface area contributed by atoms with E-state index in [1.54, 1.807) is 0 Å². The van der Waals surface area contributed by atoms with E-state index in [1.807, 2.05) is 54.6 Å². The van der Waals surface area contributed by atoms with Gasteiger partial charge in [0.05, 0.1) is 11.7 Å². The van der Waals surface area contributed by atoms with Crippen LogP contribution < -0.4 is 0 Å². The number of carbonyl (C=O) groups excluding carboxylic acids is 1. The number of hydrogen-bond donors (Lipinski definition) is 0. The summed E-state index contributed by atoms with van der Waals surface area (Å²) >= 11 is 0. The van der Waals surface area contributed by atoms with Crippen molar-refractivity contribution in [2.75, 3.05) is 0 Å². The molecule has 2 nitrogen and oxygen atoms in total. The second kappa shape index (κ2) is 8.31. The van der Waals surface area contributed by atoms with Gasteiger partial charge in [-0.2, -0.15) is 0 Å².